The number of carbonyl (C=O) groups excluding carboxylic acids is 2. The molecule has 30 heavy (non-hydrogen) atoms. The van der Waals surface area contributed by atoms with E-state index < -0.39 is 11.7 Å². The van der Waals surface area contributed by atoms with Gasteiger partial charge in [0.15, 0.2) is 6.61 Å². The number of rotatable bonds is 7. The van der Waals surface area contributed by atoms with Crippen LogP contribution in [0.3, 0.4) is 0 Å². The first-order valence-electron chi connectivity index (χ1n) is 8.72. The minimum atomic E-state index is -0.535. The molecule has 1 N–H and O–H groups in total. The van der Waals surface area contributed by atoms with Crippen LogP contribution in [0.5, 0.6) is 5.75 Å². The van der Waals surface area contributed by atoms with E-state index in [0.717, 1.165) is 0 Å². The van der Waals surface area contributed by atoms with E-state index in [9.17, 15) is 14.0 Å². The topological polar surface area (TPSA) is 58.6 Å². The summed E-state index contributed by atoms with van der Waals surface area (Å²) in [6.07, 6.45) is 3.29. The van der Waals surface area contributed by atoms with Crippen LogP contribution in [0, 0.1) is 5.82 Å². The summed E-state index contributed by atoms with van der Waals surface area (Å²) in [5.74, 6) is -0.958. The molecule has 5 nitrogen and oxygen atoms in total. The average molecular weight is 463 g/mol. The van der Waals surface area contributed by atoms with Gasteiger partial charge in [-0.1, -0.05) is 59.9 Å². The minimum absolute atomic E-state index is 0.0707. The van der Waals surface area contributed by atoms with Crippen molar-refractivity contribution >= 4 is 63.5 Å². The second kappa shape index (κ2) is 9.88. The van der Waals surface area contributed by atoms with Crippen molar-refractivity contribution in [3.8, 4) is 5.75 Å². The van der Waals surface area contributed by atoms with Gasteiger partial charge in [-0.3, -0.25) is 14.5 Å². The molecule has 0 radical (unpaired) electrons. The molecule has 9 heteroatoms. The summed E-state index contributed by atoms with van der Waals surface area (Å²) >= 11 is 12.7. The largest absolute Gasteiger partial charge is 0.482 e. The third-order valence-corrected chi connectivity index (χ3v) is 5.62. The zero-order valence-corrected chi connectivity index (χ0v) is 18.0. The Bertz CT molecular complexity index is 1060. The van der Waals surface area contributed by atoms with E-state index in [1.54, 1.807) is 36.4 Å². The molecule has 0 saturated carbocycles. The van der Waals surface area contributed by atoms with Crippen molar-refractivity contribution in [1.82, 2.24) is 4.90 Å². The van der Waals surface area contributed by atoms with Gasteiger partial charge in [-0.25, -0.2) is 4.39 Å². The molecule has 1 aliphatic heterocycles. The van der Waals surface area contributed by atoms with Gasteiger partial charge in [0.25, 0.3) is 11.8 Å². The lowest BCUT2D eigenvalue weighted by atomic mass is 10.2. The van der Waals surface area contributed by atoms with Gasteiger partial charge >= 0.3 is 0 Å². The van der Waals surface area contributed by atoms with Crippen LogP contribution in [-0.4, -0.2) is 34.2 Å². The zero-order valence-electron chi connectivity index (χ0n) is 15.6. The smallest absolute Gasteiger partial charge is 0.266 e. The Morgan fingerprint density at radius 1 is 1.33 bits per heavy atom. The Hall–Kier alpha value is -2.68. The monoisotopic (exact) mass is 462 g/mol. The number of nitrogens with zero attached hydrogens (tertiary/aromatic N) is 1. The number of amides is 2. The fraction of sp³-hybridized carbons (Fsp3) is 0.0952. The van der Waals surface area contributed by atoms with E-state index in [-0.39, 0.29) is 29.0 Å². The molecule has 1 fully saturated rings. The van der Waals surface area contributed by atoms with E-state index in [0.29, 0.717) is 21.3 Å². The van der Waals surface area contributed by atoms with E-state index in [1.165, 1.54) is 34.9 Å². The lowest BCUT2D eigenvalue weighted by Crippen LogP contribution is -2.27. The normalized spacial score (nSPS) is 14.9. The maximum absolute atomic E-state index is 13.6. The highest BCUT2D eigenvalue weighted by atomic mass is 35.5. The van der Waals surface area contributed by atoms with Crippen molar-refractivity contribution in [2.45, 2.75) is 0 Å². The second-order valence-electron chi connectivity index (χ2n) is 6.09. The molecule has 0 unspecified atom stereocenters. The summed E-state index contributed by atoms with van der Waals surface area (Å²) in [7, 11) is 0. The predicted octanol–water partition coefficient (Wildman–Crippen LogP) is 4.88. The molecule has 0 bridgehead atoms. The molecular formula is C21H16ClFN2O3S2. The Morgan fingerprint density at radius 3 is 2.80 bits per heavy atom. The number of carbonyl (C=O) groups is 2. The minimum Gasteiger partial charge on any atom is -0.482 e. The summed E-state index contributed by atoms with van der Waals surface area (Å²) in [4.78, 5) is 26.3. The average Bonchev–Trinajstić information content (AvgIpc) is 2.97. The fourth-order valence-electron chi connectivity index (χ4n) is 2.55. The molecule has 1 heterocycles. The molecule has 154 valence electrons. The number of anilines is 1. The molecule has 2 aromatic carbocycles. The van der Waals surface area contributed by atoms with Crippen molar-refractivity contribution in [2.75, 3.05) is 18.5 Å². The van der Waals surface area contributed by atoms with Gasteiger partial charge in [-0.2, -0.15) is 0 Å². The number of halogens is 2. The van der Waals surface area contributed by atoms with Crippen LogP contribution in [0.4, 0.5) is 10.1 Å². The number of hydrogen-bond acceptors (Lipinski definition) is 5. The first kappa shape index (κ1) is 22.0. The van der Waals surface area contributed by atoms with Gasteiger partial charge in [0, 0.05) is 6.54 Å². The van der Waals surface area contributed by atoms with Crippen LogP contribution in [0.2, 0.25) is 5.02 Å². The van der Waals surface area contributed by atoms with Crippen LogP contribution in [-0.2, 0) is 9.59 Å². The lowest BCUT2D eigenvalue weighted by Gasteiger charge is -2.10. The number of hydrogen-bond donors (Lipinski definition) is 1. The van der Waals surface area contributed by atoms with Crippen molar-refractivity contribution in [3.05, 3.63) is 76.4 Å². The first-order chi connectivity index (χ1) is 14.4. The number of benzene rings is 2. The summed E-state index contributed by atoms with van der Waals surface area (Å²) in [5, 5.41) is 2.69. The number of para-hydroxylation sites is 1. The quantitative estimate of drug-likeness (QED) is 0.361. The maximum Gasteiger partial charge on any atom is 0.266 e. The summed E-state index contributed by atoms with van der Waals surface area (Å²) in [6.45, 7) is 3.63. The molecule has 1 aliphatic rings. The summed E-state index contributed by atoms with van der Waals surface area (Å²) < 4.78 is 19.5. The number of thioether (sulfide) groups is 1. The van der Waals surface area contributed by atoms with Gasteiger partial charge in [0.05, 0.1) is 15.6 Å². The van der Waals surface area contributed by atoms with Gasteiger partial charge < -0.3 is 10.1 Å². The van der Waals surface area contributed by atoms with E-state index >= 15 is 0 Å². The van der Waals surface area contributed by atoms with Crippen LogP contribution < -0.4 is 10.1 Å². The number of ether oxygens (including phenoxy) is 1. The molecule has 1 saturated heterocycles. The molecule has 2 aromatic rings. The van der Waals surface area contributed by atoms with Crippen LogP contribution in [0.25, 0.3) is 6.08 Å². The van der Waals surface area contributed by atoms with E-state index in [2.05, 4.69) is 11.9 Å². The Balaban J connectivity index is 1.64. The van der Waals surface area contributed by atoms with Gasteiger partial charge in [-0.05, 0) is 35.9 Å². The highest BCUT2D eigenvalue weighted by Crippen LogP contribution is 2.34. The predicted molar refractivity (Wildman–Crippen MR) is 122 cm³/mol. The van der Waals surface area contributed by atoms with Crippen molar-refractivity contribution in [1.29, 1.82) is 0 Å². The van der Waals surface area contributed by atoms with Gasteiger partial charge in [-0.15, -0.1) is 6.58 Å². The SMILES string of the molecule is C=CCN1C(=O)C(=Cc2ccc(OCC(=O)Nc3ccccc3F)c(Cl)c2)SC1=S. The lowest BCUT2D eigenvalue weighted by molar-refractivity contribution is -0.121. The molecule has 0 atom stereocenters. The van der Waals surface area contributed by atoms with E-state index in [4.69, 9.17) is 28.6 Å². The second-order valence-corrected chi connectivity index (χ2v) is 8.17. The van der Waals surface area contributed by atoms with Gasteiger partial charge in [0.2, 0.25) is 0 Å². The molecule has 2 amide bonds. The first-order valence-corrected chi connectivity index (χ1v) is 10.3. The molecule has 0 spiro atoms. The standard InChI is InChI=1S/C21H16ClFN2O3S2/c1-2-9-25-20(27)18(30-21(25)29)11-13-7-8-17(14(22)10-13)28-12-19(26)24-16-6-4-3-5-15(16)23/h2-8,10-11H,1,9,12H2,(H,24,26). The van der Waals surface area contributed by atoms with Crippen LogP contribution in [0.15, 0.2) is 60.0 Å². The number of nitrogens with one attached hydrogen (secondary N) is 1. The fourth-order valence-corrected chi connectivity index (χ4v) is 4.07. The zero-order chi connectivity index (χ0) is 21.7. The molecule has 0 aliphatic carbocycles. The Morgan fingerprint density at radius 2 is 2.10 bits per heavy atom. The molecule has 0 aromatic heterocycles. The third-order valence-electron chi connectivity index (χ3n) is 3.95. The summed E-state index contributed by atoms with van der Waals surface area (Å²) in [6, 6.07) is 10.8. The van der Waals surface area contributed by atoms with Crippen LogP contribution in [0.1, 0.15) is 5.56 Å². The van der Waals surface area contributed by atoms with Crippen molar-refractivity contribution < 1.29 is 18.7 Å². The Labute approximate surface area is 187 Å². The van der Waals surface area contributed by atoms with Crippen LogP contribution >= 0.6 is 35.6 Å². The maximum atomic E-state index is 13.6. The van der Waals surface area contributed by atoms with Crippen molar-refractivity contribution in [2.24, 2.45) is 0 Å². The van der Waals surface area contributed by atoms with Crippen molar-refractivity contribution in [3.63, 3.8) is 0 Å². The van der Waals surface area contributed by atoms with E-state index in [1.807, 2.05) is 0 Å². The number of thiocarbonyl (C=S) groups is 1. The highest BCUT2D eigenvalue weighted by molar-refractivity contribution is 8.26. The highest BCUT2D eigenvalue weighted by Gasteiger charge is 2.30. The summed E-state index contributed by atoms with van der Waals surface area (Å²) in [5.41, 5.74) is 0.753. The third kappa shape index (κ3) is 5.27. The molecular weight excluding hydrogens is 447 g/mol. The Kier molecular flexibility index (Phi) is 7.25. The molecule has 3 rings (SSSR count). The van der Waals surface area contributed by atoms with Gasteiger partial charge in [0.1, 0.15) is 15.9 Å².